The fourth-order valence-electron chi connectivity index (χ4n) is 2.43. The average Bonchev–Trinajstić information content (AvgIpc) is 2.92. The summed E-state index contributed by atoms with van der Waals surface area (Å²) in [6.45, 7) is 3.08. The SMILES string of the molecule is CCCNc1cc(NC2CCC(OC)C2)nc(SC)n1. The van der Waals surface area contributed by atoms with Crippen LogP contribution in [0, 0.1) is 0 Å². The number of nitrogens with one attached hydrogen (secondary N) is 2. The summed E-state index contributed by atoms with van der Waals surface area (Å²) in [6, 6.07) is 2.44. The first-order chi connectivity index (χ1) is 9.75. The first-order valence-corrected chi connectivity index (χ1v) is 8.44. The quantitative estimate of drug-likeness (QED) is 0.596. The van der Waals surface area contributed by atoms with Crippen LogP contribution in [-0.4, -0.2) is 42.0 Å². The summed E-state index contributed by atoms with van der Waals surface area (Å²) in [5, 5.41) is 7.64. The van der Waals surface area contributed by atoms with Crippen LogP contribution in [0.2, 0.25) is 0 Å². The smallest absolute Gasteiger partial charge is 0.191 e. The number of hydrogen-bond acceptors (Lipinski definition) is 6. The molecule has 5 nitrogen and oxygen atoms in total. The van der Waals surface area contributed by atoms with Gasteiger partial charge in [-0.25, -0.2) is 9.97 Å². The van der Waals surface area contributed by atoms with E-state index in [2.05, 4.69) is 27.5 Å². The summed E-state index contributed by atoms with van der Waals surface area (Å²) in [5.41, 5.74) is 0. The molecule has 2 rings (SSSR count). The molecular formula is C14H24N4OS. The van der Waals surface area contributed by atoms with E-state index in [0.717, 1.165) is 49.0 Å². The minimum absolute atomic E-state index is 0.382. The van der Waals surface area contributed by atoms with Crippen LogP contribution in [0.4, 0.5) is 11.6 Å². The molecule has 1 aliphatic rings. The second kappa shape index (κ2) is 7.69. The zero-order valence-electron chi connectivity index (χ0n) is 12.5. The van der Waals surface area contributed by atoms with Crippen molar-refractivity contribution in [3.05, 3.63) is 6.07 Å². The number of methoxy groups -OCH3 is 1. The summed E-state index contributed by atoms with van der Waals surface area (Å²) >= 11 is 1.57. The van der Waals surface area contributed by atoms with Crippen LogP contribution in [0.3, 0.4) is 0 Å². The number of aromatic nitrogens is 2. The normalized spacial score (nSPS) is 21.9. The maximum absolute atomic E-state index is 5.41. The van der Waals surface area contributed by atoms with E-state index in [0.29, 0.717) is 12.1 Å². The minimum Gasteiger partial charge on any atom is -0.381 e. The molecule has 1 saturated carbocycles. The lowest BCUT2D eigenvalue weighted by Gasteiger charge is -2.15. The van der Waals surface area contributed by atoms with Crippen LogP contribution in [0.25, 0.3) is 0 Å². The largest absolute Gasteiger partial charge is 0.381 e. The van der Waals surface area contributed by atoms with E-state index in [1.807, 2.05) is 12.3 Å². The van der Waals surface area contributed by atoms with Gasteiger partial charge in [-0.15, -0.1) is 0 Å². The molecule has 0 aromatic carbocycles. The van der Waals surface area contributed by atoms with E-state index in [9.17, 15) is 0 Å². The lowest BCUT2D eigenvalue weighted by Crippen LogP contribution is -2.18. The Kier molecular flexibility index (Phi) is 5.91. The highest BCUT2D eigenvalue weighted by Gasteiger charge is 2.24. The van der Waals surface area contributed by atoms with Crippen LogP contribution in [0.1, 0.15) is 32.6 Å². The summed E-state index contributed by atoms with van der Waals surface area (Å²) in [7, 11) is 1.79. The molecule has 0 bridgehead atoms. The minimum atomic E-state index is 0.382. The lowest BCUT2D eigenvalue weighted by molar-refractivity contribution is 0.108. The Morgan fingerprint density at radius 3 is 2.80 bits per heavy atom. The van der Waals surface area contributed by atoms with Gasteiger partial charge in [-0.05, 0) is 31.9 Å². The molecule has 2 atom stereocenters. The molecule has 6 heteroatoms. The van der Waals surface area contributed by atoms with E-state index in [4.69, 9.17) is 4.74 Å². The van der Waals surface area contributed by atoms with Crippen molar-refractivity contribution >= 4 is 23.4 Å². The van der Waals surface area contributed by atoms with E-state index >= 15 is 0 Å². The van der Waals surface area contributed by atoms with Crippen molar-refractivity contribution in [1.29, 1.82) is 0 Å². The topological polar surface area (TPSA) is 59.1 Å². The molecule has 20 heavy (non-hydrogen) atoms. The third-order valence-corrected chi connectivity index (χ3v) is 4.06. The standard InChI is InChI=1S/C14H24N4OS/c1-4-7-15-12-9-13(18-14(17-12)20-3)16-10-5-6-11(8-10)19-2/h9-11H,4-8H2,1-3H3,(H2,15,16,17,18). The van der Waals surface area contributed by atoms with Crippen LogP contribution < -0.4 is 10.6 Å². The molecule has 1 aromatic rings. The van der Waals surface area contributed by atoms with E-state index in [-0.39, 0.29) is 0 Å². The monoisotopic (exact) mass is 296 g/mol. The van der Waals surface area contributed by atoms with Gasteiger partial charge in [0.05, 0.1) is 6.10 Å². The molecule has 1 aromatic heterocycles. The van der Waals surface area contributed by atoms with E-state index in [1.54, 1.807) is 18.9 Å². The van der Waals surface area contributed by atoms with Gasteiger partial charge in [-0.2, -0.15) is 0 Å². The lowest BCUT2D eigenvalue weighted by atomic mass is 10.2. The zero-order valence-corrected chi connectivity index (χ0v) is 13.3. The van der Waals surface area contributed by atoms with Crippen molar-refractivity contribution in [2.75, 3.05) is 30.5 Å². The highest BCUT2D eigenvalue weighted by molar-refractivity contribution is 7.98. The Labute approximate surface area is 125 Å². The van der Waals surface area contributed by atoms with Gasteiger partial charge >= 0.3 is 0 Å². The van der Waals surface area contributed by atoms with E-state index in [1.165, 1.54) is 0 Å². The van der Waals surface area contributed by atoms with Crippen LogP contribution in [-0.2, 0) is 4.74 Å². The third kappa shape index (κ3) is 4.24. The van der Waals surface area contributed by atoms with Crippen molar-refractivity contribution in [3.63, 3.8) is 0 Å². The molecule has 0 radical (unpaired) electrons. The van der Waals surface area contributed by atoms with E-state index < -0.39 is 0 Å². The molecule has 0 aliphatic heterocycles. The highest BCUT2D eigenvalue weighted by atomic mass is 32.2. The Balaban J connectivity index is 2.02. The second-order valence-electron chi connectivity index (χ2n) is 5.06. The predicted octanol–water partition coefficient (Wildman–Crippen LogP) is 3.00. The number of nitrogens with zero attached hydrogens (tertiary/aromatic N) is 2. The Morgan fingerprint density at radius 2 is 2.15 bits per heavy atom. The first kappa shape index (κ1) is 15.4. The molecule has 2 unspecified atom stereocenters. The molecule has 2 N–H and O–H groups in total. The van der Waals surface area contributed by atoms with Crippen LogP contribution in [0.5, 0.6) is 0 Å². The Morgan fingerprint density at radius 1 is 1.35 bits per heavy atom. The van der Waals surface area contributed by atoms with Gasteiger partial charge in [-0.1, -0.05) is 18.7 Å². The number of thioether (sulfide) groups is 1. The van der Waals surface area contributed by atoms with Crippen LogP contribution in [0.15, 0.2) is 11.2 Å². The number of ether oxygens (including phenoxy) is 1. The second-order valence-corrected chi connectivity index (χ2v) is 5.84. The summed E-state index contributed by atoms with van der Waals surface area (Å²) in [4.78, 5) is 9.01. The van der Waals surface area contributed by atoms with Crippen molar-refractivity contribution < 1.29 is 4.74 Å². The number of hydrogen-bond donors (Lipinski definition) is 2. The maximum Gasteiger partial charge on any atom is 0.191 e. The molecule has 1 fully saturated rings. The van der Waals surface area contributed by atoms with Crippen LogP contribution >= 0.6 is 11.8 Å². The predicted molar refractivity (Wildman–Crippen MR) is 84.7 cm³/mol. The molecular weight excluding hydrogens is 272 g/mol. The molecule has 0 saturated heterocycles. The van der Waals surface area contributed by atoms with Gasteiger partial charge in [0.1, 0.15) is 11.6 Å². The highest BCUT2D eigenvalue weighted by Crippen LogP contribution is 2.25. The summed E-state index contributed by atoms with van der Waals surface area (Å²) in [5.74, 6) is 1.81. The van der Waals surface area contributed by atoms with Gasteiger partial charge in [0.25, 0.3) is 0 Å². The van der Waals surface area contributed by atoms with Gasteiger partial charge in [0.15, 0.2) is 5.16 Å². The maximum atomic E-state index is 5.41. The fraction of sp³-hybridized carbons (Fsp3) is 0.714. The zero-order chi connectivity index (χ0) is 14.4. The van der Waals surface area contributed by atoms with Gasteiger partial charge in [0, 0.05) is 25.8 Å². The van der Waals surface area contributed by atoms with Gasteiger partial charge in [-0.3, -0.25) is 0 Å². The van der Waals surface area contributed by atoms with Gasteiger partial charge in [0.2, 0.25) is 0 Å². The first-order valence-electron chi connectivity index (χ1n) is 7.21. The summed E-state index contributed by atoms with van der Waals surface area (Å²) in [6.07, 6.45) is 6.77. The number of anilines is 2. The molecule has 112 valence electrons. The molecule has 1 heterocycles. The molecule has 0 amide bonds. The fourth-order valence-corrected chi connectivity index (χ4v) is 2.81. The van der Waals surface area contributed by atoms with Crippen molar-refractivity contribution in [2.45, 2.75) is 49.9 Å². The number of rotatable bonds is 7. The van der Waals surface area contributed by atoms with Crippen molar-refractivity contribution in [1.82, 2.24) is 9.97 Å². The summed E-state index contributed by atoms with van der Waals surface area (Å²) < 4.78 is 5.41. The molecule has 1 aliphatic carbocycles. The van der Waals surface area contributed by atoms with Crippen molar-refractivity contribution in [3.8, 4) is 0 Å². The van der Waals surface area contributed by atoms with Crippen molar-refractivity contribution in [2.24, 2.45) is 0 Å². The Hall–Kier alpha value is -1.01. The average molecular weight is 296 g/mol. The molecule has 0 spiro atoms. The van der Waals surface area contributed by atoms with Gasteiger partial charge < -0.3 is 15.4 Å². The third-order valence-electron chi connectivity index (χ3n) is 3.51. The Bertz CT molecular complexity index is 430.